The van der Waals surface area contributed by atoms with Crippen molar-refractivity contribution in [3.8, 4) is 0 Å². The van der Waals surface area contributed by atoms with Gasteiger partial charge in [-0.05, 0) is 31.2 Å². The summed E-state index contributed by atoms with van der Waals surface area (Å²) in [5, 5.41) is 0.513. The fraction of sp³-hybridized carbons (Fsp3) is 0.538. The molecule has 3 nitrogen and oxygen atoms in total. The predicted octanol–water partition coefficient (Wildman–Crippen LogP) is 3.17. The summed E-state index contributed by atoms with van der Waals surface area (Å²) in [6.07, 6.45) is 6.09. The molecule has 0 atom stereocenters. The number of halogens is 1. The molecule has 0 N–H and O–H groups in total. The highest BCUT2D eigenvalue weighted by Gasteiger charge is 2.25. The molecule has 0 aliphatic heterocycles. The summed E-state index contributed by atoms with van der Waals surface area (Å²) in [6, 6.07) is 1.69. The van der Waals surface area contributed by atoms with Gasteiger partial charge in [-0.25, -0.2) is 4.98 Å². The first-order valence-corrected chi connectivity index (χ1v) is 6.48. The van der Waals surface area contributed by atoms with E-state index in [0.29, 0.717) is 10.6 Å². The first-order chi connectivity index (χ1) is 8.24. The Hall–Kier alpha value is -1.09. The van der Waals surface area contributed by atoms with Gasteiger partial charge in [0.1, 0.15) is 5.82 Å². The molecule has 0 aromatic carbocycles. The Kier molecular flexibility index (Phi) is 4.00. The van der Waals surface area contributed by atoms with Gasteiger partial charge < -0.3 is 4.90 Å². The van der Waals surface area contributed by atoms with E-state index >= 15 is 0 Å². The highest BCUT2D eigenvalue weighted by Crippen LogP contribution is 2.32. The SMILES string of the molecule is CCCN(CC1CC1)c1ncc(Cl)cc1C=O. The summed E-state index contributed by atoms with van der Waals surface area (Å²) in [6.45, 7) is 4.08. The van der Waals surface area contributed by atoms with Crippen LogP contribution in [-0.2, 0) is 0 Å². The Morgan fingerprint density at radius 3 is 2.94 bits per heavy atom. The highest BCUT2D eigenvalue weighted by molar-refractivity contribution is 6.30. The summed E-state index contributed by atoms with van der Waals surface area (Å²) < 4.78 is 0. The molecule has 0 radical (unpaired) electrons. The molecular formula is C13H17ClN2O. The van der Waals surface area contributed by atoms with E-state index in [2.05, 4.69) is 16.8 Å². The van der Waals surface area contributed by atoms with Crippen LogP contribution in [0.25, 0.3) is 0 Å². The summed E-state index contributed by atoms with van der Waals surface area (Å²) in [7, 11) is 0. The zero-order valence-electron chi connectivity index (χ0n) is 10.0. The molecule has 17 heavy (non-hydrogen) atoms. The Bertz CT molecular complexity index is 404. The topological polar surface area (TPSA) is 33.2 Å². The molecular weight excluding hydrogens is 236 g/mol. The Morgan fingerprint density at radius 2 is 2.35 bits per heavy atom. The molecule has 1 aliphatic rings. The van der Waals surface area contributed by atoms with Crippen LogP contribution in [0.4, 0.5) is 5.82 Å². The van der Waals surface area contributed by atoms with Crippen molar-refractivity contribution in [2.24, 2.45) is 5.92 Å². The van der Waals surface area contributed by atoms with Crippen LogP contribution in [0.3, 0.4) is 0 Å². The van der Waals surface area contributed by atoms with E-state index in [1.807, 2.05) is 0 Å². The van der Waals surface area contributed by atoms with Gasteiger partial charge >= 0.3 is 0 Å². The highest BCUT2D eigenvalue weighted by atomic mass is 35.5. The third-order valence-electron chi connectivity index (χ3n) is 2.96. The normalized spacial score (nSPS) is 14.7. The number of rotatable bonds is 6. The minimum atomic E-state index is 0.513. The van der Waals surface area contributed by atoms with Crippen LogP contribution >= 0.6 is 11.6 Å². The van der Waals surface area contributed by atoms with Crippen LogP contribution in [0.15, 0.2) is 12.3 Å². The van der Waals surface area contributed by atoms with Crippen molar-refractivity contribution in [2.75, 3.05) is 18.0 Å². The van der Waals surface area contributed by atoms with Crippen LogP contribution in [-0.4, -0.2) is 24.4 Å². The monoisotopic (exact) mass is 252 g/mol. The molecule has 1 aromatic rings. The van der Waals surface area contributed by atoms with Gasteiger partial charge in [0, 0.05) is 19.3 Å². The molecule has 2 rings (SSSR count). The molecule has 1 aliphatic carbocycles. The first kappa shape index (κ1) is 12.4. The first-order valence-electron chi connectivity index (χ1n) is 6.10. The fourth-order valence-corrected chi connectivity index (χ4v) is 2.13. The molecule has 1 saturated carbocycles. The van der Waals surface area contributed by atoms with E-state index in [9.17, 15) is 4.79 Å². The van der Waals surface area contributed by atoms with E-state index in [1.54, 1.807) is 12.3 Å². The van der Waals surface area contributed by atoms with Crippen molar-refractivity contribution in [3.63, 3.8) is 0 Å². The molecule has 0 unspecified atom stereocenters. The standard InChI is InChI=1S/C13H17ClN2O/c1-2-5-16(8-10-3-4-10)13-11(9-17)6-12(14)7-15-13/h6-7,9-10H,2-5,8H2,1H3. The number of anilines is 1. The third kappa shape index (κ3) is 3.19. The second kappa shape index (κ2) is 5.50. The quantitative estimate of drug-likeness (QED) is 0.729. The summed E-state index contributed by atoms with van der Waals surface area (Å²) >= 11 is 5.86. The van der Waals surface area contributed by atoms with E-state index in [4.69, 9.17) is 11.6 Å². The molecule has 1 aromatic heterocycles. The number of hydrogen-bond acceptors (Lipinski definition) is 3. The van der Waals surface area contributed by atoms with Crippen molar-refractivity contribution >= 4 is 23.7 Å². The molecule has 0 spiro atoms. The number of aldehydes is 1. The fourth-order valence-electron chi connectivity index (χ4n) is 1.96. The maximum atomic E-state index is 11.1. The van der Waals surface area contributed by atoms with Crippen molar-refractivity contribution in [2.45, 2.75) is 26.2 Å². The van der Waals surface area contributed by atoms with E-state index in [1.165, 1.54) is 12.8 Å². The summed E-state index contributed by atoms with van der Waals surface area (Å²) in [5.41, 5.74) is 0.589. The summed E-state index contributed by atoms with van der Waals surface area (Å²) in [5.74, 6) is 1.55. The molecule has 0 amide bonds. The van der Waals surface area contributed by atoms with Crippen LogP contribution in [0.2, 0.25) is 5.02 Å². The Balaban J connectivity index is 2.23. The van der Waals surface area contributed by atoms with Crippen LogP contribution in [0.1, 0.15) is 36.5 Å². The van der Waals surface area contributed by atoms with Crippen molar-refractivity contribution in [1.82, 2.24) is 4.98 Å². The number of carbonyl (C=O) groups excluding carboxylic acids is 1. The second-order valence-corrected chi connectivity index (χ2v) is 5.01. The van der Waals surface area contributed by atoms with Gasteiger partial charge in [-0.2, -0.15) is 0 Å². The Morgan fingerprint density at radius 1 is 1.59 bits per heavy atom. The lowest BCUT2D eigenvalue weighted by atomic mass is 10.2. The number of nitrogens with zero attached hydrogens (tertiary/aromatic N) is 2. The van der Waals surface area contributed by atoms with Gasteiger partial charge in [0.15, 0.2) is 6.29 Å². The zero-order chi connectivity index (χ0) is 12.3. The predicted molar refractivity (Wildman–Crippen MR) is 69.9 cm³/mol. The smallest absolute Gasteiger partial charge is 0.153 e. The number of carbonyl (C=O) groups is 1. The molecule has 0 bridgehead atoms. The molecule has 92 valence electrons. The Labute approximate surface area is 107 Å². The maximum Gasteiger partial charge on any atom is 0.153 e. The summed E-state index contributed by atoms with van der Waals surface area (Å²) in [4.78, 5) is 17.6. The number of hydrogen-bond donors (Lipinski definition) is 0. The molecule has 1 heterocycles. The lowest BCUT2D eigenvalue weighted by Crippen LogP contribution is -2.28. The van der Waals surface area contributed by atoms with Crippen LogP contribution in [0.5, 0.6) is 0 Å². The van der Waals surface area contributed by atoms with Gasteiger partial charge in [0.05, 0.1) is 10.6 Å². The zero-order valence-corrected chi connectivity index (χ0v) is 10.8. The molecule has 4 heteroatoms. The van der Waals surface area contributed by atoms with Crippen molar-refractivity contribution in [1.29, 1.82) is 0 Å². The minimum absolute atomic E-state index is 0.513. The number of aromatic nitrogens is 1. The van der Waals surface area contributed by atoms with Gasteiger partial charge in [-0.3, -0.25) is 4.79 Å². The minimum Gasteiger partial charge on any atom is -0.356 e. The average molecular weight is 253 g/mol. The van der Waals surface area contributed by atoms with Crippen LogP contribution in [0, 0.1) is 5.92 Å². The van der Waals surface area contributed by atoms with Crippen LogP contribution < -0.4 is 4.90 Å². The maximum absolute atomic E-state index is 11.1. The number of pyridine rings is 1. The van der Waals surface area contributed by atoms with Crippen molar-refractivity contribution < 1.29 is 4.79 Å². The largest absolute Gasteiger partial charge is 0.356 e. The van der Waals surface area contributed by atoms with Gasteiger partial charge in [-0.15, -0.1) is 0 Å². The van der Waals surface area contributed by atoms with E-state index < -0.39 is 0 Å². The van der Waals surface area contributed by atoms with E-state index in [0.717, 1.165) is 37.5 Å². The van der Waals surface area contributed by atoms with Gasteiger partial charge in [-0.1, -0.05) is 18.5 Å². The molecule has 1 fully saturated rings. The van der Waals surface area contributed by atoms with Gasteiger partial charge in [0.2, 0.25) is 0 Å². The van der Waals surface area contributed by atoms with Crippen molar-refractivity contribution in [3.05, 3.63) is 22.8 Å². The van der Waals surface area contributed by atoms with Gasteiger partial charge in [0.25, 0.3) is 0 Å². The second-order valence-electron chi connectivity index (χ2n) is 4.57. The molecule has 0 saturated heterocycles. The third-order valence-corrected chi connectivity index (χ3v) is 3.16. The lowest BCUT2D eigenvalue weighted by Gasteiger charge is -2.24. The van der Waals surface area contributed by atoms with E-state index in [-0.39, 0.29) is 0 Å². The lowest BCUT2D eigenvalue weighted by molar-refractivity contribution is 0.112. The average Bonchev–Trinajstić information content (AvgIpc) is 3.12.